The van der Waals surface area contributed by atoms with E-state index in [2.05, 4.69) is 12.2 Å². The number of nitrogens with one attached hydrogen (secondary N) is 1. The molecule has 1 aromatic heterocycles. The van der Waals surface area contributed by atoms with Gasteiger partial charge >= 0.3 is 5.69 Å². The number of rotatable bonds is 5. The van der Waals surface area contributed by atoms with E-state index < -0.39 is 0 Å². The normalized spacial score (nSPS) is 27.6. The van der Waals surface area contributed by atoms with Crippen LogP contribution in [0, 0.1) is 5.92 Å². The molecule has 3 rings (SSSR count). The summed E-state index contributed by atoms with van der Waals surface area (Å²) in [6, 6.07) is 1.15. The second-order valence-electron chi connectivity index (χ2n) is 6.32. The second-order valence-corrected chi connectivity index (χ2v) is 6.32. The van der Waals surface area contributed by atoms with Crippen LogP contribution < -0.4 is 11.0 Å². The first-order valence-electron chi connectivity index (χ1n) is 7.74. The fraction of sp³-hybridized carbons (Fsp3) is 0.800. The predicted octanol–water partition coefficient (Wildman–Crippen LogP) is 2.15. The SMILES string of the molecule is CC1CCC(NCCn2ccn(C3CC3)c2=O)CC1. The van der Waals surface area contributed by atoms with Crippen molar-refractivity contribution in [1.29, 1.82) is 0 Å². The lowest BCUT2D eigenvalue weighted by Crippen LogP contribution is -2.36. The molecule has 2 aliphatic rings. The zero-order valence-electron chi connectivity index (χ0n) is 11.8. The van der Waals surface area contributed by atoms with E-state index in [9.17, 15) is 4.79 Å². The average Bonchev–Trinajstić information content (AvgIpc) is 3.18. The minimum Gasteiger partial charge on any atom is -0.312 e. The van der Waals surface area contributed by atoms with Crippen molar-refractivity contribution in [3.05, 3.63) is 22.9 Å². The van der Waals surface area contributed by atoms with Gasteiger partial charge in [-0.05, 0) is 44.4 Å². The molecule has 19 heavy (non-hydrogen) atoms. The Balaban J connectivity index is 1.46. The largest absolute Gasteiger partial charge is 0.328 e. The van der Waals surface area contributed by atoms with Gasteiger partial charge in [-0.3, -0.25) is 9.13 Å². The van der Waals surface area contributed by atoms with E-state index in [1.165, 1.54) is 38.5 Å². The van der Waals surface area contributed by atoms with Crippen molar-refractivity contribution in [2.24, 2.45) is 5.92 Å². The van der Waals surface area contributed by atoms with Crippen LogP contribution in [0.4, 0.5) is 0 Å². The molecule has 4 nitrogen and oxygen atoms in total. The topological polar surface area (TPSA) is 39.0 Å². The monoisotopic (exact) mass is 263 g/mol. The van der Waals surface area contributed by atoms with Crippen LogP contribution in [0.15, 0.2) is 17.2 Å². The molecule has 1 N–H and O–H groups in total. The first-order valence-corrected chi connectivity index (χ1v) is 7.74. The van der Waals surface area contributed by atoms with Crippen molar-refractivity contribution in [1.82, 2.24) is 14.5 Å². The van der Waals surface area contributed by atoms with Gasteiger partial charge in [0.1, 0.15) is 0 Å². The molecule has 1 aromatic rings. The lowest BCUT2D eigenvalue weighted by atomic mass is 9.87. The van der Waals surface area contributed by atoms with Crippen LogP contribution in [-0.4, -0.2) is 21.7 Å². The van der Waals surface area contributed by atoms with Crippen molar-refractivity contribution in [3.63, 3.8) is 0 Å². The Morgan fingerprint density at radius 1 is 1.16 bits per heavy atom. The van der Waals surface area contributed by atoms with E-state index in [-0.39, 0.29) is 5.69 Å². The van der Waals surface area contributed by atoms with E-state index >= 15 is 0 Å². The van der Waals surface area contributed by atoms with Gasteiger partial charge in [0, 0.05) is 37.6 Å². The molecule has 4 heteroatoms. The number of imidazole rings is 1. The van der Waals surface area contributed by atoms with E-state index in [4.69, 9.17) is 0 Å². The average molecular weight is 263 g/mol. The van der Waals surface area contributed by atoms with Gasteiger partial charge in [-0.15, -0.1) is 0 Å². The number of aromatic nitrogens is 2. The molecule has 2 saturated carbocycles. The summed E-state index contributed by atoms with van der Waals surface area (Å²) in [6.45, 7) is 4.05. The summed E-state index contributed by atoms with van der Waals surface area (Å²) in [6.07, 6.45) is 11.5. The maximum atomic E-state index is 12.1. The van der Waals surface area contributed by atoms with Gasteiger partial charge in [-0.25, -0.2) is 4.79 Å². The fourth-order valence-electron chi connectivity index (χ4n) is 3.08. The van der Waals surface area contributed by atoms with Crippen LogP contribution >= 0.6 is 0 Å². The van der Waals surface area contributed by atoms with Crippen LogP contribution in [-0.2, 0) is 6.54 Å². The molecule has 0 aromatic carbocycles. The zero-order valence-corrected chi connectivity index (χ0v) is 11.8. The van der Waals surface area contributed by atoms with Gasteiger partial charge in [-0.1, -0.05) is 6.92 Å². The van der Waals surface area contributed by atoms with Gasteiger partial charge in [0.2, 0.25) is 0 Å². The summed E-state index contributed by atoms with van der Waals surface area (Å²) in [7, 11) is 0. The highest BCUT2D eigenvalue weighted by Crippen LogP contribution is 2.33. The maximum Gasteiger partial charge on any atom is 0.328 e. The number of hydrogen-bond acceptors (Lipinski definition) is 2. The summed E-state index contributed by atoms with van der Waals surface area (Å²) in [5.74, 6) is 0.897. The van der Waals surface area contributed by atoms with Gasteiger partial charge in [0.05, 0.1) is 0 Å². The Kier molecular flexibility index (Phi) is 3.78. The summed E-state index contributed by atoms with van der Waals surface area (Å²) >= 11 is 0. The lowest BCUT2D eigenvalue weighted by Gasteiger charge is -2.27. The van der Waals surface area contributed by atoms with Crippen LogP contribution in [0.1, 0.15) is 51.5 Å². The number of nitrogens with zero attached hydrogens (tertiary/aromatic N) is 2. The molecule has 0 aliphatic heterocycles. The van der Waals surface area contributed by atoms with Gasteiger partial charge in [0.15, 0.2) is 0 Å². The standard InChI is InChI=1S/C15H25N3O/c1-12-2-4-13(5-3-12)16-8-9-17-10-11-18(15(17)19)14-6-7-14/h10-14,16H,2-9H2,1H3. The Hall–Kier alpha value is -1.03. The van der Waals surface area contributed by atoms with Crippen molar-refractivity contribution < 1.29 is 0 Å². The van der Waals surface area contributed by atoms with E-state index in [1.807, 2.05) is 21.5 Å². The maximum absolute atomic E-state index is 12.1. The van der Waals surface area contributed by atoms with Gasteiger partial charge in [-0.2, -0.15) is 0 Å². The Morgan fingerprint density at radius 3 is 2.58 bits per heavy atom. The third-order valence-corrected chi connectivity index (χ3v) is 4.62. The smallest absolute Gasteiger partial charge is 0.312 e. The molecule has 2 fully saturated rings. The Morgan fingerprint density at radius 2 is 1.89 bits per heavy atom. The fourth-order valence-corrected chi connectivity index (χ4v) is 3.08. The van der Waals surface area contributed by atoms with Crippen LogP contribution in [0.5, 0.6) is 0 Å². The Labute approximate surface area is 114 Å². The molecule has 0 amide bonds. The van der Waals surface area contributed by atoms with Crippen LogP contribution in [0.2, 0.25) is 0 Å². The molecule has 1 heterocycles. The van der Waals surface area contributed by atoms with Crippen LogP contribution in [0.25, 0.3) is 0 Å². The van der Waals surface area contributed by atoms with Crippen molar-refractivity contribution in [3.8, 4) is 0 Å². The van der Waals surface area contributed by atoms with Crippen molar-refractivity contribution in [2.45, 2.75) is 64.1 Å². The molecule has 2 aliphatic carbocycles. The van der Waals surface area contributed by atoms with E-state index in [0.29, 0.717) is 12.1 Å². The summed E-state index contributed by atoms with van der Waals surface area (Å²) in [5.41, 5.74) is 0.168. The van der Waals surface area contributed by atoms with Gasteiger partial charge < -0.3 is 5.32 Å². The predicted molar refractivity (Wildman–Crippen MR) is 76.4 cm³/mol. The highest BCUT2D eigenvalue weighted by atomic mass is 16.1. The minimum absolute atomic E-state index is 0.168. The third-order valence-electron chi connectivity index (χ3n) is 4.62. The van der Waals surface area contributed by atoms with Crippen molar-refractivity contribution >= 4 is 0 Å². The minimum atomic E-state index is 0.168. The molecular weight excluding hydrogens is 238 g/mol. The zero-order chi connectivity index (χ0) is 13.2. The quantitative estimate of drug-likeness (QED) is 0.884. The third kappa shape index (κ3) is 3.11. The highest BCUT2D eigenvalue weighted by Gasteiger charge is 2.25. The second kappa shape index (κ2) is 5.53. The lowest BCUT2D eigenvalue weighted by molar-refractivity contribution is 0.305. The summed E-state index contributed by atoms with van der Waals surface area (Å²) < 4.78 is 3.74. The molecule has 0 spiro atoms. The number of hydrogen-bond donors (Lipinski definition) is 1. The molecule has 0 bridgehead atoms. The molecule has 0 atom stereocenters. The molecule has 0 saturated heterocycles. The van der Waals surface area contributed by atoms with Crippen molar-refractivity contribution in [2.75, 3.05) is 6.54 Å². The molecule has 0 radical (unpaired) electrons. The molecule has 0 unspecified atom stereocenters. The summed E-state index contributed by atoms with van der Waals surface area (Å²) in [5, 5.41) is 3.60. The van der Waals surface area contributed by atoms with E-state index in [1.54, 1.807) is 0 Å². The molecular formula is C15H25N3O. The highest BCUT2D eigenvalue weighted by molar-refractivity contribution is 4.91. The first-order chi connectivity index (χ1) is 9.24. The van der Waals surface area contributed by atoms with E-state index in [0.717, 1.165) is 19.0 Å². The van der Waals surface area contributed by atoms with Crippen LogP contribution in [0.3, 0.4) is 0 Å². The summed E-state index contributed by atoms with van der Waals surface area (Å²) in [4.78, 5) is 12.1. The molecule has 106 valence electrons. The Bertz CT molecular complexity index is 464. The van der Waals surface area contributed by atoms with Gasteiger partial charge in [0.25, 0.3) is 0 Å². The first kappa shape index (κ1) is 13.0.